The zero-order chi connectivity index (χ0) is 26.8. The van der Waals surface area contributed by atoms with E-state index in [0.717, 1.165) is 18.4 Å². The minimum Gasteiger partial charge on any atom is -0.484 e. The molecule has 2 heterocycles. The summed E-state index contributed by atoms with van der Waals surface area (Å²) in [5, 5.41) is 7.04. The molecular formula is C24H27F3N4O5S. The average molecular weight is 541 g/mol. The number of halogens is 3. The van der Waals surface area contributed by atoms with Crippen molar-refractivity contribution in [1.29, 1.82) is 0 Å². The summed E-state index contributed by atoms with van der Waals surface area (Å²) in [6.07, 6.45) is -1.22. The molecule has 2 aromatic heterocycles. The van der Waals surface area contributed by atoms with E-state index < -0.39 is 28.4 Å². The van der Waals surface area contributed by atoms with Crippen molar-refractivity contribution >= 4 is 10.1 Å². The Morgan fingerprint density at radius 2 is 1.84 bits per heavy atom. The SMILES string of the molecule is Cc1ccc(S(=O)(=O)OCC(C)(NCc2cc(OCC(F)(F)F)c(C3CC3)cn2)c2noc(C)n2)cc1. The van der Waals surface area contributed by atoms with Crippen molar-refractivity contribution in [3.63, 3.8) is 0 Å². The third-order valence-electron chi connectivity index (χ3n) is 5.85. The highest BCUT2D eigenvalue weighted by molar-refractivity contribution is 7.86. The highest BCUT2D eigenvalue weighted by Crippen LogP contribution is 2.44. The maximum Gasteiger partial charge on any atom is 0.422 e. The zero-order valence-corrected chi connectivity index (χ0v) is 21.3. The molecule has 0 radical (unpaired) electrons. The molecule has 0 spiro atoms. The smallest absolute Gasteiger partial charge is 0.422 e. The van der Waals surface area contributed by atoms with E-state index in [1.54, 1.807) is 26.0 Å². The van der Waals surface area contributed by atoms with Crippen LogP contribution >= 0.6 is 0 Å². The Kier molecular flexibility index (Phi) is 7.58. The number of rotatable bonds is 11. The van der Waals surface area contributed by atoms with Gasteiger partial charge in [0.1, 0.15) is 11.3 Å². The van der Waals surface area contributed by atoms with Gasteiger partial charge in [-0.2, -0.15) is 26.6 Å². The Bertz CT molecular complexity index is 1340. The second-order valence-electron chi connectivity index (χ2n) is 9.24. The van der Waals surface area contributed by atoms with Gasteiger partial charge in [-0.05, 0) is 44.7 Å². The van der Waals surface area contributed by atoms with Crippen LogP contribution in [0.4, 0.5) is 13.2 Å². The summed E-state index contributed by atoms with van der Waals surface area (Å²) >= 11 is 0. The van der Waals surface area contributed by atoms with Crippen LogP contribution in [0.2, 0.25) is 0 Å². The molecular weight excluding hydrogens is 513 g/mol. The molecule has 4 rings (SSSR count). The lowest BCUT2D eigenvalue weighted by Crippen LogP contribution is -2.45. The number of aromatic nitrogens is 3. The molecule has 1 aliphatic carbocycles. The van der Waals surface area contributed by atoms with Gasteiger partial charge in [-0.25, -0.2) is 0 Å². The van der Waals surface area contributed by atoms with Crippen LogP contribution in [0.1, 0.15) is 54.2 Å². The van der Waals surface area contributed by atoms with Crippen LogP contribution in [0.15, 0.2) is 45.9 Å². The third kappa shape index (κ3) is 7.05. The summed E-state index contributed by atoms with van der Waals surface area (Å²) in [6.45, 7) is 3.28. The number of pyridine rings is 1. The molecule has 1 saturated carbocycles. The van der Waals surface area contributed by atoms with E-state index in [1.807, 2.05) is 6.92 Å². The quantitative estimate of drug-likeness (QED) is 0.355. The summed E-state index contributed by atoms with van der Waals surface area (Å²) in [7, 11) is -4.10. The molecule has 1 aliphatic rings. The minimum atomic E-state index is -4.47. The highest BCUT2D eigenvalue weighted by atomic mass is 32.2. The fourth-order valence-electron chi connectivity index (χ4n) is 3.54. The summed E-state index contributed by atoms with van der Waals surface area (Å²) < 4.78 is 79.4. The van der Waals surface area contributed by atoms with Crippen LogP contribution in [0.25, 0.3) is 0 Å². The Labute approximate surface area is 212 Å². The molecule has 37 heavy (non-hydrogen) atoms. The monoisotopic (exact) mass is 540 g/mol. The highest BCUT2D eigenvalue weighted by Gasteiger charge is 2.35. The van der Waals surface area contributed by atoms with E-state index >= 15 is 0 Å². The van der Waals surface area contributed by atoms with Crippen LogP contribution < -0.4 is 10.1 Å². The molecule has 200 valence electrons. The van der Waals surface area contributed by atoms with Gasteiger partial charge in [-0.15, -0.1) is 0 Å². The molecule has 1 atom stereocenters. The lowest BCUT2D eigenvalue weighted by atomic mass is 10.0. The van der Waals surface area contributed by atoms with Gasteiger partial charge in [-0.3, -0.25) is 14.5 Å². The molecule has 1 fully saturated rings. The summed E-state index contributed by atoms with van der Waals surface area (Å²) in [5.41, 5.74) is 0.664. The van der Waals surface area contributed by atoms with Gasteiger partial charge in [0.15, 0.2) is 12.4 Å². The number of nitrogens with one attached hydrogen (secondary N) is 1. The lowest BCUT2D eigenvalue weighted by molar-refractivity contribution is -0.153. The van der Waals surface area contributed by atoms with Crippen molar-refractivity contribution in [3.8, 4) is 5.75 Å². The van der Waals surface area contributed by atoms with E-state index in [-0.39, 0.29) is 41.4 Å². The van der Waals surface area contributed by atoms with Crippen LogP contribution in [0.3, 0.4) is 0 Å². The molecule has 3 aromatic rings. The molecule has 1 unspecified atom stereocenters. The lowest BCUT2D eigenvalue weighted by Gasteiger charge is -2.27. The first-order valence-corrected chi connectivity index (χ1v) is 13.0. The van der Waals surface area contributed by atoms with E-state index in [9.17, 15) is 21.6 Å². The van der Waals surface area contributed by atoms with E-state index in [0.29, 0.717) is 11.3 Å². The van der Waals surface area contributed by atoms with Crippen molar-refractivity contribution in [2.45, 2.75) is 62.7 Å². The first-order valence-electron chi connectivity index (χ1n) is 11.5. The van der Waals surface area contributed by atoms with E-state index in [2.05, 4.69) is 20.4 Å². The number of alkyl halides is 3. The maximum atomic E-state index is 12.8. The first kappa shape index (κ1) is 27.0. The first-order chi connectivity index (χ1) is 17.3. The largest absolute Gasteiger partial charge is 0.484 e. The second kappa shape index (κ2) is 10.4. The second-order valence-corrected chi connectivity index (χ2v) is 10.9. The molecule has 9 nitrogen and oxygen atoms in total. The predicted octanol–water partition coefficient (Wildman–Crippen LogP) is 4.31. The number of hydrogen-bond acceptors (Lipinski definition) is 9. The fraction of sp³-hybridized carbons (Fsp3) is 0.458. The van der Waals surface area contributed by atoms with E-state index in [4.69, 9.17) is 13.4 Å². The van der Waals surface area contributed by atoms with Gasteiger partial charge >= 0.3 is 6.18 Å². The zero-order valence-electron chi connectivity index (χ0n) is 20.5. The Hall–Kier alpha value is -3.03. The van der Waals surface area contributed by atoms with Crippen LogP contribution in [0, 0.1) is 13.8 Å². The molecule has 0 amide bonds. The van der Waals surface area contributed by atoms with Gasteiger partial charge in [0, 0.05) is 31.3 Å². The molecule has 0 aliphatic heterocycles. The molecule has 1 N–H and O–H groups in total. The average Bonchev–Trinajstić information content (AvgIpc) is 3.59. The van der Waals surface area contributed by atoms with E-state index in [1.165, 1.54) is 24.4 Å². The topological polar surface area (TPSA) is 116 Å². The number of ether oxygens (including phenoxy) is 1. The molecule has 13 heteroatoms. The van der Waals surface area contributed by atoms with Gasteiger partial charge in [-0.1, -0.05) is 22.9 Å². The fourth-order valence-corrected chi connectivity index (χ4v) is 4.54. The summed E-state index contributed by atoms with van der Waals surface area (Å²) in [5.74, 6) is 0.666. The number of hydrogen-bond donors (Lipinski definition) is 1. The minimum absolute atomic E-state index is 0.00599. The summed E-state index contributed by atoms with van der Waals surface area (Å²) in [6, 6.07) is 7.67. The Morgan fingerprint density at radius 3 is 2.43 bits per heavy atom. The standard InChI is InChI=1S/C24H27F3N4O5S/c1-15-4-8-19(9-5-15)37(32,33)35-13-23(3,22-30-16(2)36-31-22)29-11-18-10-21(34-14-24(25,26)27)20(12-28-18)17-6-7-17/h4-5,8-10,12,17,29H,6-7,11,13-14H2,1-3H3. The predicted molar refractivity (Wildman–Crippen MR) is 125 cm³/mol. The van der Waals surface area contributed by atoms with Crippen molar-refractivity contribution < 1.29 is 35.0 Å². The van der Waals surface area contributed by atoms with Gasteiger partial charge < -0.3 is 9.26 Å². The third-order valence-corrected chi connectivity index (χ3v) is 7.13. The van der Waals surface area contributed by atoms with Crippen molar-refractivity contribution in [3.05, 3.63) is 65.1 Å². The maximum absolute atomic E-state index is 12.8. The van der Waals surface area contributed by atoms with Crippen LogP contribution in [0.5, 0.6) is 5.75 Å². The van der Waals surface area contributed by atoms with Gasteiger partial charge in [0.2, 0.25) is 5.89 Å². The van der Waals surface area contributed by atoms with Crippen LogP contribution in [-0.4, -0.2) is 42.9 Å². The Balaban J connectivity index is 1.53. The summed E-state index contributed by atoms with van der Waals surface area (Å²) in [4.78, 5) is 8.57. The van der Waals surface area contributed by atoms with Gasteiger partial charge in [0.05, 0.1) is 17.2 Å². The van der Waals surface area contributed by atoms with Gasteiger partial charge in [0.25, 0.3) is 10.1 Å². The molecule has 1 aromatic carbocycles. The Morgan fingerprint density at radius 1 is 1.14 bits per heavy atom. The van der Waals surface area contributed by atoms with Crippen molar-refractivity contribution in [2.24, 2.45) is 0 Å². The normalized spacial score (nSPS) is 15.9. The number of benzene rings is 1. The van der Waals surface area contributed by atoms with Crippen molar-refractivity contribution in [2.75, 3.05) is 13.2 Å². The molecule has 0 saturated heterocycles. The van der Waals surface area contributed by atoms with Crippen LogP contribution in [-0.2, 0) is 26.4 Å². The number of aryl methyl sites for hydroxylation is 2. The van der Waals surface area contributed by atoms with Crippen molar-refractivity contribution in [1.82, 2.24) is 20.4 Å². The molecule has 0 bridgehead atoms. The number of nitrogens with zero attached hydrogens (tertiary/aromatic N) is 3.